The smallest absolute Gasteiger partial charge is 0.316 e. The fraction of sp³-hybridized carbons (Fsp3) is 0.278. The van der Waals surface area contributed by atoms with Gasteiger partial charge in [0, 0.05) is 0 Å². The lowest BCUT2D eigenvalue weighted by atomic mass is 9.89. The van der Waals surface area contributed by atoms with E-state index in [1.165, 1.54) is 0 Å². The van der Waals surface area contributed by atoms with E-state index in [2.05, 4.69) is 0 Å². The summed E-state index contributed by atoms with van der Waals surface area (Å²) in [7, 11) is 1.58. The second-order valence-electron chi connectivity index (χ2n) is 4.86. The number of carbonyl (C=O) groups is 1. The molecule has 0 saturated heterocycles. The summed E-state index contributed by atoms with van der Waals surface area (Å²) in [5, 5.41) is 10.7. The van der Waals surface area contributed by atoms with Crippen molar-refractivity contribution in [2.75, 3.05) is 13.7 Å². The molecule has 0 amide bonds. The van der Waals surface area contributed by atoms with E-state index in [1.807, 2.05) is 30.3 Å². The first kappa shape index (κ1) is 16.0. The lowest BCUT2D eigenvalue weighted by Crippen LogP contribution is -2.22. The van der Waals surface area contributed by atoms with Crippen molar-refractivity contribution in [3.63, 3.8) is 0 Å². The van der Waals surface area contributed by atoms with Crippen LogP contribution in [0.4, 0.5) is 0 Å². The van der Waals surface area contributed by atoms with Gasteiger partial charge in [-0.3, -0.25) is 4.79 Å². The van der Waals surface area contributed by atoms with Gasteiger partial charge in [-0.1, -0.05) is 42.5 Å². The van der Waals surface area contributed by atoms with Crippen molar-refractivity contribution < 1.29 is 19.4 Å². The molecule has 2 aromatic rings. The molecule has 0 fully saturated rings. The zero-order valence-corrected chi connectivity index (χ0v) is 12.7. The summed E-state index contributed by atoms with van der Waals surface area (Å²) in [5.41, 5.74) is 1.37. The fourth-order valence-corrected chi connectivity index (χ4v) is 2.33. The lowest BCUT2D eigenvalue weighted by Gasteiger charge is -2.22. The van der Waals surface area contributed by atoms with Gasteiger partial charge >= 0.3 is 5.97 Å². The largest absolute Gasteiger partial charge is 0.497 e. The first-order valence-corrected chi connectivity index (χ1v) is 7.21. The van der Waals surface area contributed by atoms with Crippen molar-refractivity contribution in [2.24, 2.45) is 0 Å². The molecule has 22 heavy (non-hydrogen) atoms. The Hall–Kier alpha value is -2.33. The van der Waals surface area contributed by atoms with Crippen LogP contribution in [0.15, 0.2) is 54.6 Å². The third-order valence-electron chi connectivity index (χ3n) is 3.47. The van der Waals surface area contributed by atoms with Crippen LogP contribution in [-0.2, 0) is 9.53 Å². The molecule has 0 aliphatic rings. The molecule has 116 valence electrons. The molecular weight excluding hydrogens is 280 g/mol. The number of rotatable bonds is 6. The van der Waals surface area contributed by atoms with Crippen molar-refractivity contribution in [2.45, 2.75) is 18.9 Å². The zero-order valence-electron chi connectivity index (χ0n) is 12.7. The third-order valence-corrected chi connectivity index (χ3v) is 3.47. The van der Waals surface area contributed by atoms with Crippen molar-refractivity contribution >= 4 is 5.97 Å². The van der Waals surface area contributed by atoms with Crippen LogP contribution < -0.4 is 4.74 Å². The summed E-state index contributed by atoms with van der Waals surface area (Å²) < 4.78 is 10.2. The molecule has 0 heterocycles. The van der Waals surface area contributed by atoms with Gasteiger partial charge in [0.1, 0.15) is 11.7 Å². The average molecular weight is 300 g/mol. The first-order chi connectivity index (χ1) is 10.7. The molecule has 4 nitrogen and oxygen atoms in total. The van der Waals surface area contributed by atoms with Gasteiger partial charge in [-0.15, -0.1) is 0 Å². The molecule has 0 spiro atoms. The molecule has 2 rings (SSSR count). The van der Waals surface area contributed by atoms with Crippen molar-refractivity contribution in [1.29, 1.82) is 0 Å². The SMILES string of the molecule is CCOC(=O)[C@@H](c1ccccc1)[C@H](O)c1ccc(OC)cc1. The Morgan fingerprint density at radius 1 is 1.05 bits per heavy atom. The van der Waals surface area contributed by atoms with E-state index >= 15 is 0 Å². The molecule has 0 bridgehead atoms. The van der Waals surface area contributed by atoms with Crippen LogP contribution in [0, 0.1) is 0 Å². The number of carbonyl (C=O) groups excluding carboxylic acids is 1. The van der Waals surface area contributed by atoms with Gasteiger partial charge in [-0.2, -0.15) is 0 Å². The minimum atomic E-state index is -0.979. The highest BCUT2D eigenvalue weighted by atomic mass is 16.5. The first-order valence-electron chi connectivity index (χ1n) is 7.21. The molecule has 1 N–H and O–H groups in total. The average Bonchev–Trinajstić information content (AvgIpc) is 2.56. The van der Waals surface area contributed by atoms with E-state index in [0.717, 1.165) is 5.56 Å². The van der Waals surface area contributed by atoms with Gasteiger partial charge in [0.15, 0.2) is 0 Å². The van der Waals surface area contributed by atoms with Crippen LogP contribution in [-0.4, -0.2) is 24.8 Å². The Morgan fingerprint density at radius 2 is 1.68 bits per heavy atom. The molecule has 0 aliphatic heterocycles. The summed E-state index contributed by atoms with van der Waals surface area (Å²) in [6, 6.07) is 16.2. The molecule has 0 saturated carbocycles. The van der Waals surface area contributed by atoms with Crippen LogP contribution in [0.3, 0.4) is 0 Å². The highest BCUT2D eigenvalue weighted by Crippen LogP contribution is 2.32. The highest BCUT2D eigenvalue weighted by molar-refractivity contribution is 5.79. The Labute approximate surface area is 130 Å². The molecule has 0 unspecified atom stereocenters. The second kappa shape index (κ2) is 7.61. The summed E-state index contributed by atoms with van der Waals surface area (Å²) >= 11 is 0. The molecule has 0 aliphatic carbocycles. The van der Waals surface area contributed by atoms with Crippen LogP contribution in [0.1, 0.15) is 30.1 Å². The second-order valence-corrected chi connectivity index (χ2v) is 4.86. The monoisotopic (exact) mass is 300 g/mol. The predicted molar refractivity (Wildman–Crippen MR) is 83.8 cm³/mol. The zero-order chi connectivity index (χ0) is 15.9. The molecule has 0 aromatic heterocycles. The normalized spacial score (nSPS) is 13.2. The Bertz CT molecular complexity index is 592. The maximum Gasteiger partial charge on any atom is 0.316 e. The van der Waals surface area contributed by atoms with Gasteiger partial charge in [-0.25, -0.2) is 0 Å². The topological polar surface area (TPSA) is 55.8 Å². The van der Waals surface area contributed by atoms with Gasteiger partial charge in [0.2, 0.25) is 0 Å². The number of esters is 1. The number of methoxy groups -OCH3 is 1. The Balaban J connectivity index is 2.32. The maximum absolute atomic E-state index is 12.3. The van der Waals surface area contributed by atoms with E-state index in [9.17, 15) is 9.90 Å². The standard InChI is InChI=1S/C18H20O4/c1-3-22-18(20)16(13-7-5-4-6-8-13)17(19)14-9-11-15(21-2)12-10-14/h4-12,16-17,19H,3H2,1-2H3/t16-,17+/m0/s1. The van der Waals surface area contributed by atoms with Crippen molar-refractivity contribution in [3.05, 3.63) is 65.7 Å². The van der Waals surface area contributed by atoms with E-state index < -0.39 is 18.0 Å². The summed E-state index contributed by atoms with van der Waals surface area (Å²) in [5.74, 6) is -0.491. The number of ether oxygens (including phenoxy) is 2. The van der Waals surface area contributed by atoms with Crippen LogP contribution in [0.2, 0.25) is 0 Å². The number of hydrogen-bond acceptors (Lipinski definition) is 4. The van der Waals surface area contributed by atoms with E-state index in [1.54, 1.807) is 38.3 Å². The number of benzene rings is 2. The summed E-state index contributed by atoms with van der Waals surface area (Å²) in [6.07, 6.45) is -0.979. The predicted octanol–water partition coefficient (Wildman–Crippen LogP) is 3.08. The summed E-state index contributed by atoms with van der Waals surface area (Å²) in [6.45, 7) is 2.03. The molecular formula is C18H20O4. The Kier molecular flexibility index (Phi) is 5.55. The van der Waals surface area contributed by atoms with Crippen molar-refractivity contribution in [1.82, 2.24) is 0 Å². The van der Waals surface area contributed by atoms with Gasteiger partial charge in [-0.05, 0) is 30.2 Å². The van der Waals surface area contributed by atoms with Gasteiger partial charge < -0.3 is 14.6 Å². The molecule has 2 atom stereocenters. The van der Waals surface area contributed by atoms with Crippen LogP contribution >= 0.6 is 0 Å². The summed E-state index contributed by atoms with van der Waals surface area (Å²) in [4.78, 5) is 12.3. The minimum Gasteiger partial charge on any atom is -0.497 e. The fourth-order valence-electron chi connectivity index (χ4n) is 2.33. The quantitative estimate of drug-likeness (QED) is 0.833. The lowest BCUT2D eigenvalue weighted by molar-refractivity contribution is -0.148. The van der Waals surface area contributed by atoms with Crippen LogP contribution in [0.25, 0.3) is 0 Å². The number of aliphatic hydroxyl groups excluding tert-OH is 1. The Morgan fingerprint density at radius 3 is 2.23 bits per heavy atom. The molecule has 2 aromatic carbocycles. The van der Waals surface area contributed by atoms with Crippen LogP contribution in [0.5, 0.6) is 5.75 Å². The highest BCUT2D eigenvalue weighted by Gasteiger charge is 2.30. The minimum absolute atomic E-state index is 0.275. The van der Waals surface area contributed by atoms with Gasteiger partial charge in [0.05, 0.1) is 19.8 Å². The van der Waals surface area contributed by atoms with E-state index in [-0.39, 0.29) is 6.61 Å². The van der Waals surface area contributed by atoms with Gasteiger partial charge in [0.25, 0.3) is 0 Å². The van der Waals surface area contributed by atoms with Crippen molar-refractivity contribution in [3.8, 4) is 5.75 Å². The van der Waals surface area contributed by atoms with E-state index in [4.69, 9.17) is 9.47 Å². The number of hydrogen-bond donors (Lipinski definition) is 1. The number of aliphatic hydroxyl groups is 1. The molecule has 4 heteroatoms. The molecule has 0 radical (unpaired) electrons. The maximum atomic E-state index is 12.3. The van der Waals surface area contributed by atoms with E-state index in [0.29, 0.717) is 11.3 Å². The third kappa shape index (κ3) is 3.65.